The minimum Gasteiger partial charge on any atom is -0.368 e. The predicted molar refractivity (Wildman–Crippen MR) is 108 cm³/mol. The van der Waals surface area contributed by atoms with Gasteiger partial charge in [-0.3, -0.25) is 9.52 Å². The van der Waals surface area contributed by atoms with Gasteiger partial charge in [0.05, 0.1) is 5.75 Å². The summed E-state index contributed by atoms with van der Waals surface area (Å²) in [6.07, 6.45) is 0. The van der Waals surface area contributed by atoms with E-state index in [1.165, 1.54) is 0 Å². The van der Waals surface area contributed by atoms with Crippen LogP contribution < -0.4 is 9.62 Å². The van der Waals surface area contributed by atoms with Crippen molar-refractivity contribution in [3.8, 4) is 0 Å². The Morgan fingerprint density at radius 1 is 0.963 bits per heavy atom. The Morgan fingerprint density at radius 2 is 1.56 bits per heavy atom. The first-order valence-corrected chi connectivity index (χ1v) is 10.6. The van der Waals surface area contributed by atoms with Gasteiger partial charge in [0.15, 0.2) is 0 Å². The number of carbonyl (C=O) groups excluding carboxylic acids is 1. The van der Waals surface area contributed by atoms with Gasteiger partial charge in [-0.05, 0) is 36.8 Å². The Morgan fingerprint density at radius 3 is 2.11 bits per heavy atom. The number of amides is 1. The van der Waals surface area contributed by atoms with Crippen LogP contribution in [0.25, 0.3) is 0 Å². The number of rotatable bonds is 5. The second kappa shape index (κ2) is 8.00. The van der Waals surface area contributed by atoms with Crippen LogP contribution in [0.1, 0.15) is 18.1 Å². The minimum absolute atomic E-state index is 0.0535. The van der Waals surface area contributed by atoms with Crippen LogP contribution in [-0.4, -0.2) is 45.4 Å². The molecule has 1 heterocycles. The van der Waals surface area contributed by atoms with Crippen LogP contribution in [0.2, 0.25) is 0 Å². The first kappa shape index (κ1) is 19.2. The molecule has 1 aliphatic rings. The Kier molecular flexibility index (Phi) is 5.70. The zero-order valence-corrected chi connectivity index (χ0v) is 16.5. The van der Waals surface area contributed by atoms with Crippen LogP contribution in [0.4, 0.5) is 11.4 Å². The van der Waals surface area contributed by atoms with E-state index in [0.717, 1.165) is 29.9 Å². The minimum atomic E-state index is -3.46. The molecular formula is C20H25N3O3S. The van der Waals surface area contributed by atoms with E-state index in [0.29, 0.717) is 18.8 Å². The molecule has 2 aromatic carbocycles. The first-order chi connectivity index (χ1) is 12.8. The number of carbonyl (C=O) groups is 1. The lowest BCUT2D eigenvalue weighted by Crippen LogP contribution is -2.48. The molecule has 0 atom stereocenters. The highest BCUT2D eigenvalue weighted by Gasteiger charge is 2.19. The summed E-state index contributed by atoms with van der Waals surface area (Å²) in [5, 5.41) is 0. The van der Waals surface area contributed by atoms with Crippen molar-refractivity contribution in [2.24, 2.45) is 0 Å². The summed E-state index contributed by atoms with van der Waals surface area (Å²) in [4.78, 5) is 15.4. The number of piperazine rings is 1. The van der Waals surface area contributed by atoms with Gasteiger partial charge in [0.1, 0.15) is 0 Å². The van der Waals surface area contributed by atoms with Crippen molar-refractivity contribution in [1.82, 2.24) is 4.90 Å². The normalized spacial score (nSPS) is 14.9. The second-order valence-corrected chi connectivity index (χ2v) is 8.61. The molecule has 1 N–H and O–H groups in total. The Labute approximate surface area is 160 Å². The van der Waals surface area contributed by atoms with Crippen LogP contribution in [0.15, 0.2) is 48.5 Å². The SMILES string of the molecule is CC(=O)N1CCN(c2ccc(NS(=O)(=O)Cc3ccc(C)cc3)cc2)CC1. The van der Waals surface area contributed by atoms with E-state index >= 15 is 0 Å². The third kappa shape index (κ3) is 5.23. The predicted octanol–water partition coefficient (Wildman–Crippen LogP) is 2.61. The van der Waals surface area contributed by atoms with Crippen LogP contribution in [-0.2, 0) is 20.6 Å². The van der Waals surface area contributed by atoms with Crippen LogP contribution >= 0.6 is 0 Å². The van der Waals surface area contributed by atoms with E-state index in [4.69, 9.17) is 0 Å². The van der Waals surface area contributed by atoms with Gasteiger partial charge in [0, 0.05) is 44.5 Å². The average Bonchev–Trinajstić information content (AvgIpc) is 2.64. The fraction of sp³-hybridized carbons (Fsp3) is 0.350. The molecule has 27 heavy (non-hydrogen) atoms. The smallest absolute Gasteiger partial charge is 0.236 e. The Balaban J connectivity index is 1.60. The van der Waals surface area contributed by atoms with Gasteiger partial charge < -0.3 is 9.80 Å². The van der Waals surface area contributed by atoms with Crippen LogP contribution in [0.3, 0.4) is 0 Å². The van der Waals surface area contributed by atoms with E-state index < -0.39 is 10.0 Å². The highest BCUT2D eigenvalue weighted by Crippen LogP contribution is 2.21. The summed E-state index contributed by atoms with van der Waals surface area (Å²) in [6, 6.07) is 14.9. The van der Waals surface area contributed by atoms with Crippen molar-refractivity contribution >= 4 is 27.3 Å². The molecule has 3 rings (SSSR count). The van der Waals surface area contributed by atoms with Crippen molar-refractivity contribution in [2.45, 2.75) is 19.6 Å². The quantitative estimate of drug-likeness (QED) is 0.856. The summed E-state index contributed by atoms with van der Waals surface area (Å²) < 4.78 is 27.4. The van der Waals surface area contributed by atoms with E-state index in [2.05, 4.69) is 9.62 Å². The number of nitrogens with one attached hydrogen (secondary N) is 1. The third-order valence-electron chi connectivity index (χ3n) is 4.71. The molecule has 0 radical (unpaired) electrons. The molecule has 144 valence electrons. The molecule has 1 fully saturated rings. The molecule has 1 amide bonds. The molecule has 1 aliphatic heterocycles. The Hall–Kier alpha value is -2.54. The number of benzene rings is 2. The number of hydrogen-bond acceptors (Lipinski definition) is 4. The van der Waals surface area contributed by atoms with Crippen molar-refractivity contribution in [1.29, 1.82) is 0 Å². The van der Waals surface area contributed by atoms with Gasteiger partial charge in [-0.1, -0.05) is 29.8 Å². The van der Waals surface area contributed by atoms with Gasteiger partial charge in [0.2, 0.25) is 15.9 Å². The molecule has 0 spiro atoms. The molecular weight excluding hydrogens is 362 g/mol. The van der Waals surface area contributed by atoms with Gasteiger partial charge in [-0.15, -0.1) is 0 Å². The highest BCUT2D eigenvalue weighted by atomic mass is 32.2. The van der Waals surface area contributed by atoms with Gasteiger partial charge in [-0.25, -0.2) is 8.42 Å². The van der Waals surface area contributed by atoms with E-state index in [1.807, 2.05) is 48.2 Å². The topological polar surface area (TPSA) is 69.7 Å². The van der Waals surface area contributed by atoms with Gasteiger partial charge in [-0.2, -0.15) is 0 Å². The fourth-order valence-electron chi connectivity index (χ4n) is 3.14. The largest absolute Gasteiger partial charge is 0.368 e. The zero-order valence-electron chi connectivity index (χ0n) is 15.7. The van der Waals surface area contributed by atoms with E-state index in [9.17, 15) is 13.2 Å². The Bertz CT molecular complexity index is 885. The monoisotopic (exact) mass is 387 g/mol. The van der Waals surface area contributed by atoms with E-state index in [1.54, 1.807) is 19.1 Å². The standard InChI is InChI=1S/C20H25N3O3S/c1-16-3-5-18(6-4-16)15-27(25,26)21-19-7-9-20(10-8-19)23-13-11-22(12-14-23)17(2)24/h3-10,21H,11-15H2,1-2H3. The molecule has 0 unspecified atom stereocenters. The van der Waals surface area contributed by atoms with Crippen molar-refractivity contribution in [2.75, 3.05) is 35.8 Å². The number of nitrogens with zero attached hydrogens (tertiary/aromatic N) is 2. The second-order valence-electron chi connectivity index (χ2n) is 6.89. The average molecular weight is 388 g/mol. The van der Waals surface area contributed by atoms with Crippen LogP contribution in [0, 0.1) is 6.92 Å². The summed E-state index contributed by atoms with van der Waals surface area (Å²) >= 11 is 0. The van der Waals surface area contributed by atoms with Crippen LogP contribution in [0.5, 0.6) is 0 Å². The fourth-order valence-corrected chi connectivity index (χ4v) is 4.34. The number of aryl methyl sites for hydroxylation is 1. The molecule has 0 bridgehead atoms. The molecule has 1 saturated heterocycles. The molecule has 0 aromatic heterocycles. The summed E-state index contributed by atoms with van der Waals surface area (Å²) in [5.41, 5.74) is 3.44. The lowest BCUT2D eigenvalue weighted by molar-refractivity contribution is -0.129. The van der Waals surface area contributed by atoms with E-state index in [-0.39, 0.29) is 11.7 Å². The van der Waals surface area contributed by atoms with Crippen molar-refractivity contribution in [3.63, 3.8) is 0 Å². The maximum absolute atomic E-state index is 12.4. The summed E-state index contributed by atoms with van der Waals surface area (Å²) in [5.74, 6) is 0.0511. The third-order valence-corrected chi connectivity index (χ3v) is 5.97. The maximum Gasteiger partial charge on any atom is 0.236 e. The summed E-state index contributed by atoms with van der Waals surface area (Å²) in [6.45, 7) is 6.53. The van der Waals surface area contributed by atoms with Crippen molar-refractivity contribution < 1.29 is 13.2 Å². The van der Waals surface area contributed by atoms with Crippen molar-refractivity contribution in [3.05, 3.63) is 59.7 Å². The van der Waals surface area contributed by atoms with Gasteiger partial charge in [0.25, 0.3) is 0 Å². The zero-order chi connectivity index (χ0) is 19.4. The number of anilines is 2. The highest BCUT2D eigenvalue weighted by molar-refractivity contribution is 7.91. The molecule has 2 aromatic rings. The lowest BCUT2D eigenvalue weighted by Gasteiger charge is -2.35. The molecule has 7 heteroatoms. The number of sulfonamides is 1. The summed E-state index contributed by atoms with van der Waals surface area (Å²) in [7, 11) is -3.46. The molecule has 6 nitrogen and oxygen atoms in total. The first-order valence-electron chi connectivity index (χ1n) is 8.99. The lowest BCUT2D eigenvalue weighted by atomic mass is 10.2. The molecule has 0 saturated carbocycles. The molecule has 0 aliphatic carbocycles. The van der Waals surface area contributed by atoms with Gasteiger partial charge >= 0.3 is 0 Å². The number of hydrogen-bond donors (Lipinski definition) is 1. The maximum atomic E-state index is 12.4.